The summed E-state index contributed by atoms with van der Waals surface area (Å²) < 4.78 is 26.9. The van der Waals surface area contributed by atoms with E-state index in [1.165, 1.54) is 23.8 Å². The van der Waals surface area contributed by atoms with Gasteiger partial charge in [-0.1, -0.05) is 35.9 Å². The molecule has 0 radical (unpaired) electrons. The summed E-state index contributed by atoms with van der Waals surface area (Å²) in [6.45, 7) is 2.99. The number of nitrogens with one attached hydrogen (secondary N) is 3. The van der Waals surface area contributed by atoms with Gasteiger partial charge in [0.05, 0.1) is 9.82 Å². The first kappa shape index (κ1) is 21.3. The molecule has 0 fully saturated rings. The highest BCUT2D eigenvalue weighted by molar-refractivity contribution is 7.89. The van der Waals surface area contributed by atoms with Crippen LogP contribution in [0.1, 0.15) is 11.1 Å². The third-order valence-corrected chi connectivity index (χ3v) is 5.31. The highest BCUT2D eigenvalue weighted by Crippen LogP contribution is 2.16. The lowest BCUT2D eigenvalue weighted by Crippen LogP contribution is -2.41. The maximum atomic E-state index is 12.3. The standard InChI is InChI=1S/C18H23N5O4S/c1-14-6-8-15(9-7-14)13-21-18(19-2)20-10-11-22-28(26,27)17-5-3-4-16(12-17)23(24)25/h3-9,12,22H,10-11,13H2,1-2H3,(H2,19,20,21). The molecule has 0 saturated heterocycles. The molecule has 0 aliphatic rings. The lowest BCUT2D eigenvalue weighted by Gasteiger charge is -2.12. The first-order valence-electron chi connectivity index (χ1n) is 8.56. The number of guanidine groups is 1. The molecule has 0 amide bonds. The highest BCUT2D eigenvalue weighted by atomic mass is 32.2. The quantitative estimate of drug-likeness (QED) is 0.201. The first-order chi connectivity index (χ1) is 13.3. The van der Waals surface area contributed by atoms with E-state index in [9.17, 15) is 18.5 Å². The van der Waals surface area contributed by atoms with Crippen molar-refractivity contribution in [3.05, 3.63) is 69.8 Å². The molecule has 0 bridgehead atoms. The van der Waals surface area contributed by atoms with Crippen LogP contribution in [0.3, 0.4) is 0 Å². The number of aliphatic imine (C=N–C) groups is 1. The maximum absolute atomic E-state index is 12.3. The number of hydrogen-bond donors (Lipinski definition) is 3. The Labute approximate surface area is 164 Å². The molecule has 0 saturated carbocycles. The summed E-state index contributed by atoms with van der Waals surface area (Å²) >= 11 is 0. The van der Waals surface area contributed by atoms with Crippen LogP contribution in [0.15, 0.2) is 58.4 Å². The number of nitrogens with zero attached hydrogens (tertiary/aromatic N) is 2. The van der Waals surface area contributed by atoms with E-state index >= 15 is 0 Å². The van der Waals surface area contributed by atoms with E-state index in [2.05, 4.69) is 20.3 Å². The van der Waals surface area contributed by atoms with E-state index in [1.54, 1.807) is 7.05 Å². The van der Waals surface area contributed by atoms with E-state index in [1.807, 2.05) is 31.2 Å². The average molecular weight is 405 g/mol. The Kier molecular flexibility index (Phi) is 7.47. The molecule has 2 aromatic rings. The van der Waals surface area contributed by atoms with Crippen molar-refractivity contribution in [3.8, 4) is 0 Å². The summed E-state index contributed by atoms with van der Waals surface area (Å²) in [5, 5.41) is 16.9. The summed E-state index contributed by atoms with van der Waals surface area (Å²) in [5.41, 5.74) is 2.00. The van der Waals surface area contributed by atoms with Crippen LogP contribution in [0.5, 0.6) is 0 Å². The molecule has 0 aliphatic heterocycles. The number of nitro benzene ring substituents is 1. The van der Waals surface area contributed by atoms with Crippen LogP contribution >= 0.6 is 0 Å². The van der Waals surface area contributed by atoms with E-state index in [-0.39, 0.29) is 17.1 Å². The second kappa shape index (κ2) is 9.81. The van der Waals surface area contributed by atoms with Crippen molar-refractivity contribution >= 4 is 21.7 Å². The van der Waals surface area contributed by atoms with Crippen molar-refractivity contribution in [3.63, 3.8) is 0 Å². The fourth-order valence-corrected chi connectivity index (χ4v) is 3.40. The van der Waals surface area contributed by atoms with Crippen LogP contribution in [0.4, 0.5) is 5.69 Å². The molecule has 0 aliphatic carbocycles. The third kappa shape index (κ3) is 6.32. The number of nitro groups is 1. The second-order valence-corrected chi connectivity index (χ2v) is 7.76. The predicted octanol–water partition coefficient (Wildman–Crippen LogP) is 1.55. The molecule has 9 nitrogen and oxygen atoms in total. The topological polar surface area (TPSA) is 126 Å². The Bertz CT molecular complexity index is 943. The van der Waals surface area contributed by atoms with Gasteiger partial charge in [0.15, 0.2) is 5.96 Å². The molecule has 150 valence electrons. The molecule has 2 aromatic carbocycles. The number of sulfonamides is 1. The van der Waals surface area contributed by atoms with Gasteiger partial charge in [0.1, 0.15) is 0 Å². The van der Waals surface area contributed by atoms with Crippen molar-refractivity contribution in [2.45, 2.75) is 18.4 Å². The minimum atomic E-state index is -3.84. The molecular formula is C18H23N5O4S. The molecule has 0 heterocycles. The Morgan fingerprint density at radius 3 is 2.46 bits per heavy atom. The van der Waals surface area contributed by atoms with Crippen molar-refractivity contribution in [1.82, 2.24) is 15.4 Å². The van der Waals surface area contributed by atoms with Gasteiger partial charge >= 0.3 is 0 Å². The fourth-order valence-electron chi connectivity index (χ4n) is 2.33. The minimum absolute atomic E-state index is 0.0935. The molecule has 0 atom stereocenters. The summed E-state index contributed by atoms with van der Waals surface area (Å²) in [7, 11) is -2.21. The van der Waals surface area contributed by atoms with Crippen LogP contribution in [0.2, 0.25) is 0 Å². The number of benzene rings is 2. The summed E-state index contributed by atoms with van der Waals surface area (Å²) in [4.78, 5) is 14.1. The monoisotopic (exact) mass is 405 g/mol. The lowest BCUT2D eigenvalue weighted by molar-refractivity contribution is -0.385. The average Bonchev–Trinajstić information content (AvgIpc) is 2.68. The van der Waals surface area contributed by atoms with Crippen molar-refractivity contribution in [2.24, 2.45) is 4.99 Å². The summed E-state index contributed by atoms with van der Waals surface area (Å²) in [6, 6.07) is 13.0. The second-order valence-electron chi connectivity index (χ2n) is 5.99. The smallest absolute Gasteiger partial charge is 0.270 e. The van der Waals surface area contributed by atoms with Crippen molar-refractivity contribution in [1.29, 1.82) is 0 Å². The highest BCUT2D eigenvalue weighted by Gasteiger charge is 2.17. The maximum Gasteiger partial charge on any atom is 0.270 e. The molecule has 0 spiro atoms. The van der Waals surface area contributed by atoms with Gasteiger partial charge in [-0.2, -0.15) is 0 Å². The van der Waals surface area contributed by atoms with Gasteiger partial charge in [0, 0.05) is 38.8 Å². The fraction of sp³-hybridized carbons (Fsp3) is 0.278. The third-order valence-electron chi connectivity index (χ3n) is 3.85. The van der Waals surface area contributed by atoms with E-state index in [0.29, 0.717) is 19.0 Å². The number of aryl methyl sites for hydroxylation is 1. The van der Waals surface area contributed by atoms with Gasteiger partial charge in [-0.25, -0.2) is 13.1 Å². The van der Waals surface area contributed by atoms with E-state index in [0.717, 1.165) is 11.6 Å². The van der Waals surface area contributed by atoms with Crippen LogP contribution in [0, 0.1) is 17.0 Å². The summed E-state index contributed by atoms with van der Waals surface area (Å²) in [6.07, 6.45) is 0. The normalized spacial score (nSPS) is 11.9. The van der Waals surface area contributed by atoms with Gasteiger partial charge in [-0.3, -0.25) is 15.1 Å². The molecule has 2 rings (SSSR count). The van der Waals surface area contributed by atoms with Crippen molar-refractivity contribution < 1.29 is 13.3 Å². The van der Waals surface area contributed by atoms with Gasteiger partial charge in [0.2, 0.25) is 10.0 Å². The van der Waals surface area contributed by atoms with Crippen LogP contribution < -0.4 is 15.4 Å². The number of hydrogen-bond acceptors (Lipinski definition) is 5. The number of non-ortho nitro benzene ring substituents is 1. The van der Waals surface area contributed by atoms with Gasteiger partial charge in [-0.15, -0.1) is 0 Å². The SMILES string of the molecule is CN=C(NCCNS(=O)(=O)c1cccc([N+](=O)[O-])c1)NCc1ccc(C)cc1. The summed E-state index contributed by atoms with van der Waals surface area (Å²) in [5.74, 6) is 0.537. The molecule has 10 heteroatoms. The molecule has 28 heavy (non-hydrogen) atoms. The van der Waals surface area contributed by atoms with E-state index in [4.69, 9.17) is 0 Å². The zero-order valence-corrected chi connectivity index (χ0v) is 16.5. The van der Waals surface area contributed by atoms with Crippen LogP contribution in [-0.4, -0.2) is 39.4 Å². The van der Waals surface area contributed by atoms with E-state index < -0.39 is 14.9 Å². The molecule has 0 unspecified atom stereocenters. The largest absolute Gasteiger partial charge is 0.355 e. The predicted molar refractivity (Wildman–Crippen MR) is 108 cm³/mol. The zero-order valence-electron chi connectivity index (χ0n) is 15.7. The zero-order chi connectivity index (χ0) is 20.6. The first-order valence-corrected chi connectivity index (χ1v) is 10.0. The van der Waals surface area contributed by atoms with Gasteiger partial charge in [-0.05, 0) is 18.6 Å². The Morgan fingerprint density at radius 2 is 1.82 bits per heavy atom. The minimum Gasteiger partial charge on any atom is -0.355 e. The Balaban J connectivity index is 1.82. The lowest BCUT2D eigenvalue weighted by atomic mass is 10.1. The molecule has 3 N–H and O–H groups in total. The Morgan fingerprint density at radius 1 is 1.11 bits per heavy atom. The molecule has 0 aromatic heterocycles. The molecular weight excluding hydrogens is 382 g/mol. The van der Waals surface area contributed by atoms with Gasteiger partial charge in [0.25, 0.3) is 5.69 Å². The van der Waals surface area contributed by atoms with Crippen molar-refractivity contribution in [2.75, 3.05) is 20.1 Å². The van der Waals surface area contributed by atoms with Crippen LogP contribution in [0.25, 0.3) is 0 Å². The Hall–Kier alpha value is -2.98. The van der Waals surface area contributed by atoms with Gasteiger partial charge < -0.3 is 10.6 Å². The van der Waals surface area contributed by atoms with Crippen LogP contribution in [-0.2, 0) is 16.6 Å². The number of rotatable bonds is 8.